The highest BCUT2D eigenvalue weighted by atomic mass is 31.2. The zero-order chi connectivity index (χ0) is 49.9. The molecule has 0 spiro atoms. The zero-order valence-corrected chi connectivity index (χ0v) is 42.4. The lowest BCUT2D eigenvalue weighted by molar-refractivity contribution is -0.160. The fourth-order valence-corrected chi connectivity index (χ4v) is 6.41. The summed E-state index contributed by atoms with van der Waals surface area (Å²) >= 11 is 0. The quantitative estimate of drug-likeness (QED) is 0.0197. The first-order valence-corrected chi connectivity index (χ1v) is 26.2. The first kappa shape index (κ1) is 63.4. The molecule has 0 aromatic carbocycles. The van der Waals surface area contributed by atoms with Crippen molar-refractivity contribution in [1.82, 2.24) is 0 Å². The molecule has 0 aromatic rings. The van der Waals surface area contributed by atoms with Crippen LogP contribution in [0.25, 0.3) is 0 Å². The highest BCUT2D eigenvalue weighted by molar-refractivity contribution is 7.47. The first-order valence-electron chi connectivity index (χ1n) is 24.7. The van der Waals surface area contributed by atoms with Crippen molar-refractivity contribution in [2.24, 2.45) is 0 Å². The van der Waals surface area contributed by atoms with Crippen LogP contribution in [-0.2, 0) is 42.2 Å². The Morgan fingerprint density at radius 3 is 1.24 bits per heavy atom. The van der Waals surface area contributed by atoms with Crippen molar-refractivity contribution in [2.75, 3.05) is 26.4 Å². The molecule has 0 saturated heterocycles. The molecular weight excluding hydrogens is 880 g/mol. The number of ether oxygens (including phenoxy) is 3. The van der Waals surface area contributed by atoms with E-state index in [9.17, 15) is 28.9 Å². The van der Waals surface area contributed by atoms with E-state index in [0.29, 0.717) is 25.7 Å². The van der Waals surface area contributed by atoms with Crippen molar-refractivity contribution < 1.29 is 52.2 Å². The van der Waals surface area contributed by atoms with Crippen LogP contribution in [0.2, 0.25) is 0 Å². The molecule has 0 bridgehead atoms. The molecular formula is C56H85O11P. The summed E-state index contributed by atoms with van der Waals surface area (Å²) in [5.74, 6) is -1.77. The normalized spacial score (nSPS) is 14.7. The predicted molar refractivity (Wildman–Crippen MR) is 279 cm³/mol. The van der Waals surface area contributed by atoms with Gasteiger partial charge in [0.05, 0.1) is 26.2 Å². The van der Waals surface area contributed by atoms with E-state index in [4.69, 9.17) is 23.3 Å². The molecule has 3 atom stereocenters. The van der Waals surface area contributed by atoms with E-state index < -0.39 is 64.4 Å². The van der Waals surface area contributed by atoms with Crippen LogP contribution < -0.4 is 0 Å². The van der Waals surface area contributed by atoms with E-state index in [1.54, 1.807) is 6.08 Å². The Morgan fingerprint density at radius 2 is 0.794 bits per heavy atom. The molecule has 0 heterocycles. The molecule has 380 valence electrons. The van der Waals surface area contributed by atoms with Gasteiger partial charge in [-0.15, -0.1) is 0 Å². The van der Waals surface area contributed by atoms with Gasteiger partial charge < -0.3 is 24.2 Å². The maximum absolute atomic E-state index is 12.8. The van der Waals surface area contributed by atoms with Crippen molar-refractivity contribution in [3.8, 4) is 0 Å². The summed E-state index contributed by atoms with van der Waals surface area (Å²) in [5, 5.41) is 9.75. The van der Waals surface area contributed by atoms with E-state index in [1.165, 1.54) is 0 Å². The van der Waals surface area contributed by atoms with Crippen LogP contribution in [0.4, 0.5) is 0 Å². The standard InChI is InChI=1S/C56H85O11P/c1-4-7-10-13-16-19-22-25-26-29-30-33-36-39-42-45-54(58)63-49-53(67-56(60)47-44-41-38-35-32-28-24-21-18-15-12-9-6-3)51-65-68(61,62)64-50-52(48-57)66-55(59)46-43-40-37-34-31-27-23-20-17-14-11-8-5-2/h7-12,16-21,25-28,30-33,38-39,41-42,52-53,57H,4-6,13-15,22-24,29,34-37,40,43-51H2,1-3H3,(H,61,62)/b10-7-,11-8-,12-9-,19-16-,20-17-,21-18-,26-25-,31-27-,32-28-,33-30-,41-38-,42-39-. The number of hydrogen-bond acceptors (Lipinski definition) is 10. The number of aliphatic hydroxyl groups excluding tert-OH is 1. The summed E-state index contributed by atoms with van der Waals surface area (Å²) in [7, 11) is -4.80. The number of phosphoric acid groups is 1. The maximum atomic E-state index is 12.8. The van der Waals surface area contributed by atoms with Gasteiger partial charge in [-0.3, -0.25) is 23.4 Å². The summed E-state index contributed by atoms with van der Waals surface area (Å²) in [6, 6.07) is 0. The molecule has 0 aromatic heterocycles. The van der Waals surface area contributed by atoms with Crippen LogP contribution in [0.1, 0.15) is 149 Å². The predicted octanol–water partition coefficient (Wildman–Crippen LogP) is 14.0. The average Bonchev–Trinajstić information content (AvgIpc) is 3.32. The van der Waals surface area contributed by atoms with Crippen LogP contribution in [0.5, 0.6) is 0 Å². The van der Waals surface area contributed by atoms with Gasteiger partial charge in [-0.05, 0) is 103 Å². The van der Waals surface area contributed by atoms with Crippen molar-refractivity contribution in [3.05, 3.63) is 146 Å². The molecule has 0 rings (SSSR count). The van der Waals surface area contributed by atoms with Crippen LogP contribution in [0, 0.1) is 0 Å². The summed E-state index contributed by atoms with van der Waals surface area (Å²) < 4.78 is 39.0. The van der Waals surface area contributed by atoms with Gasteiger partial charge in [0.2, 0.25) is 0 Å². The largest absolute Gasteiger partial charge is 0.472 e. The third kappa shape index (κ3) is 46.5. The Morgan fingerprint density at radius 1 is 0.426 bits per heavy atom. The molecule has 0 amide bonds. The molecule has 0 aliphatic rings. The highest BCUT2D eigenvalue weighted by Crippen LogP contribution is 2.43. The van der Waals surface area contributed by atoms with Crippen LogP contribution in [0.3, 0.4) is 0 Å². The van der Waals surface area contributed by atoms with Crippen molar-refractivity contribution in [2.45, 2.75) is 161 Å². The second-order valence-corrected chi connectivity index (χ2v) is 16.9. The minimum atomic E-state index is -4.80. The number of aliphatic hydroxyl groups is 1. The summed E-state index contributed by atoms with van der Waals surface area (Å²) in [4.78, 5) is 48.1. The molecule has 12 heteroatoms. The van der Waals surface area contributed by atoms with Crippen molar-refractivity contribution >= 4 is 25.7 Å². The Balaban J connectivity index is 5.00. The fraction of sp³-hybridized carbons (Fsp3) is 0.518. The van der Waals surface area contributed by atoms with Crippen LogP contribution >= 0.6 is 7.82 Å². The van der Waals surface area contributed by atoms with Gasteiger partial charge in [0, 0.05) is 12.8 Å². The number of rotatable bonds is 43. The summed E-state index contributed by atoms with van der Waals surface area (Å²) in [6.45, 7) is 4.00. The van der Waals surface area contributed by atoms with Gasteiger partial charge in [0.15, 0.2) is 6.10 Å². The lowest BCUT2D eigenvalue weighted by Crippen LogP contribution is -2.30. The Labute approximate surface area is 410 Å². The molecule has 0 aliphatic carbocycles. The Bertz CT molecular complexity index is 1690. The SMILES string of the molecule is CC/C=C\C/C=C\C/C=C\C/C=C\C/C=C\CC(=O)OCC(COP(=O)(O)OCC(CO)OC(=O)CCCCC/C=C\C/C=C\C/C=C\CC)OC(=O)CC/C=C\C/C=C\C/C=C\C/C=C\CC. The molecule has 0 saturated carbocycles. The molecule has 0 fully saturated rings. The van der Waals surface area contributed by atoms with Crippen molar-refractivity contribution in [3.63, 3.8) is 0 Å². The molecule has 2 N–H and O–H groups in total. The first-order chi connectivity index (χ1) is 33.2. The van der Waals surface area contributed by atoms with E-state index in [-0.39, 0.29) is 19.3 Å². The number of allylic oxidation sites excluding steroid dienone is 23. The molecule has 3 unspecified atom stereocenters. The number of carbonyl (C=O) groups is 3. The average molecular weight is 965 g/mol. The highest BCUT2D eigenvalue weighted by Gasteiger charge is 2.28. The summed E-state index contributed by atoms with van der Waals surface area (Å²) in [6.07, 6.45) is 61.6. The van der Waals surface area contributed by atoms with E-state index in [2.05, 4.69) is 124 Å². The monoisotopic (exact) mass is 965 g/mol. The van der Waals surface area contributed by atoms with E-state index in [1.807, 2.05) is 36.5 Å². The molecule has 0 aliphatic heterocycles. The second kappa shape index (κ2) is 48.8. The fourth-order valence-electron chi connectivity index (χ4n) is 5.63. The topological polar surface area (TPSA) is 155 Å². The van der Waals surface area contributed by atoms with Crippen LogP contribution in [-0.4, -0.2) is 66.5 Å². The third-order valence-electron chi connectivity index (χ3n) is 9.29. The van der Waals surface area contributed by atoms with Gasteiger partial charge in [-0.25, -0.2) is 4.57 Å². The number of unbranched alkanes of at least 4 members (excludes halogenated alkanes) is 3. The maximum Gasteiger partial charge on any atom is 0.472 e. The Kier molecular flexibility index (Phi) is 45.5. The summed E-state index contributed by atoms with van der Waals surface area (Å²) in [5.41, 5.74) is 0. The van der Waals surface area contributed by atoms with Crippen LogP contribution in [0.15, 0.2) is 146 Å². The number of hydrogen-bond donors (Lipinski definition) is 2. The van der Waals surface area contributed by atoms with E-state index >= 15 is 0 Å². The number of carbonyl (C=O) groups excluding carboxylic acids is 3. The van der Waals surface area contributed by atoms with E-state index in [0.717, 1.165) is 83.5 Å². The minimum Gasteiger partial charge on any atom is -0.461 e. The Hall–Kier alpha value is -4.64. The molecule has 11 nitrogen and oxygen atoms in total. The molecule has 68 heavy (non-hydrogen) atoms. The second-order valence-electron chi connectivity index (χ2n) is 15.5. The lowest BCUT2D eigenvalue weighted by atomic mass is 10.1. The van der Waals surface area contributed by atoms with Gasteiger partial charge in [0.25, 0.3) is 0 Å². The third-order valence-corrected chi connectivity index (χ3v) is 10.2. The van der Waals surface area contributed by atoms with Crippen molar-refractivity contribution in [1.29, 1.82) is 0 Å². The molecule has 0 radical (unpaired) electrons. The lowest BCUT2D eigenvalue weighted by Gasteiger charge is -2.21. The van der Waals surface area contributed by atoms with Gasteiger partial charge >= 0.3 is 25.7 Å². The zero-order valence-electron chi connectivity index (χ0n) is 41.5. The van der Waals surface area contributed by atoms with Gasteiger partial charge in [0.1, 0.15) is 12.7 Å². The minimum absolute atomic E-state index is 0.0159. The van der Waals surface area contributed by atoms with Gasteiger partial charge in [-0.1, -0.05) is 173 Å². The van der Waals surface area contributed by atoms with Gasteiger partial charge in [-0.2, -0.15) is 0 Å². The number of esters is 3. The number of phosphoric ester groups is 1. The smallest absolute Gasteiger partial charge is 0.461 e.